The Balaban J connectivity index is 1.78. The minimum atomic E-state index is 0.259. The molecule has 1 unspecified atom stereocenters. The summed E-state index contributed by atoms with van der Waals surface area (Å²) in [5.41, 5.74) is 0.259. The van der Waals surface area contributed by atoms with Gasteiger partial charge in [-0.3, -0.25) is 0 Å². The van der Waals surface area contributed by atoms with Crippen molar-refractivity contribution in [2.75, 3.05) is 13.2 Å². The lowest BCUT2D eigenvalue weighted by Crippen LogP contribution is -2.50. The summed E-state index contributed by atoms with van der Waals surface area (Å²) in [7, 11) is 0. The quantitative estimate of drug-likeness (QED) is 0.674. The molecule has 1 N–H and O–H groups in total. The van der Waals surface area contributed by atoms with Gasteiger partial charge in [-0.05, 0) is 39.0 Å². The van der Waals surface area contributed by atoms with Crippen molar-refractivity contribution in [2.45, 2.75) is 50.7 Å². The van der Waals surface area contributed by atoms with E-state index in [1.807, 2.05) is 6.92 Å². The zero-order valence-corrected chi connectivity index (χ0v) is 8.94. The van der Waals surface area contributed by atoms with Crippen molar-refractivity contribution in [2.24, 2.45) is 0 Å². The van der Waals surface area contributed by atoms with Crippen LogP contribution in [0.2, 0.25) is 0 Å². The van der Waals surface area contributed by atoms with Gasteiger partial charge in [0.05, 0.1) is 12.1 Å². The molecule has 2 rings (SSSR count). The minimum Gasteiger partial charge on any atom is -0.375 e. The van der Waals surface area contributed by atoms with Crippen LogP contribution in [0.1, 0.15) is 39.0 Å². The monoisotopic (exact) mass is 193 g/mol. The van der Waals surface area contributed by atoms with Crippen LogP contribution in [0.25, 0.3) is 0 Å². The van der Waals surface area contributed by atoms with Crippen LogP contribution in [0.15, 0.2) is 0 Å². The summed E-state index contributed by atoms with van der Waals surface area (Å²) in [5, 5.41) is 3.49. The molecule has 2 heteroatoms. The van der Waals surface area contributed by atoms with Gasteiger partial charge in [-0.1, -0.05) is 5.92 Å². The molecule has 78 valence electrons. The van der Waals surface area contributed by atoms with Crippen molar-refractivity contribution >= 4 is 0 Å². The molecular weight excluding hydrogens is 174 g/mol. The van der Waals surface area contributed by atoms with Crippen LogP contribution < -0.4 is 5.32 Å². The maximum atomic E-state index is 5.86. The Morgan fingerprint density at radius 2 is 2.36 bits per heavy atom. The average Bonchev–Trinajstić information content (AvgIpc) is 2.17. The largest absolute Gasteiger partial charge is 0.375 e. The molecule has 1 heterocycles. The summed E-state index contributed by atoms with van der Waals surface area (Å²) in [5.74, 6) is 5.97. The highest BCUT2D eigenvalue weighted by atomic mass is 16.5. The van der Waals surface area contributed by atoms with E-state index in [0.29, 0.717) is 6.04 Å². The fourth-order valence-corrected chi connectivity index (χ4v) is 2.41. The van der Waals surface area contributed by atoms with Gasteiger partial charge < -0.3 is 10.1 Å². The van der Waals surface area contributed by atoms with Crippen molar-refractivity contribution < 1.29 is 4.74 Å². The maximum Gasteiger partial charge on any atom is 0.0697 e. The third kappa shape index (κ3) is 2.10. The Morgan fingerprint density at radius 3 is 3.00 bits per heavy atom. The first kappa shape index (κ1) is 10.0. The number of nitrogens with one attached hydrogen (secondary N) is 1. The van der Waals surface area contributed by atoms with Crippen molar-refractivity contribution in [3.8, 4) is 11.8 Å². The van der Waals surface area contributed by atoms with Gasteiger partial charge in [0, 0.05) is 12.6 Å². The molecule has 2 aliphatic rings. The predicted octanol–water partition coefficient (Wildman–Crippen LogP) is 1.70. The molecule has 1 saturated carbocycles. The van der Waals surface area contributed by atoms with E-state index in [4.69, 9.17) is 4.74 Å². The molecule has 1 spiro atoms. The van der Waals surface area contributed by atoms with Gasteiger partial charge in [-0.25, -0.2) is 0 Å². The van der Waals surface area contributed by atoms with E-state index in [-0.39, 0.29) is 5.60 Å². The standard InChI is InChI=1S/C12H19NO/c1-2-3-8-13-11-5-9-14-12(10-11)6-4-7-12/h11,13H,4-10H2,1H3. The third-order valence-corrected chi connectivity index (χ3v) is 3.41. The molecule has 0 radical (unpaired) electrons. The van der Waals surface area contributed by atoms with Gasteiger partial charge in [-0.15, -0.1) is 5.92 Å². The second-order valence-corrected chi connectivity index (χ2v) is 4.38. The molecule has 2 nitrogen and oxygen atoms in total. The maximum absolute atomic E-state index is 5.86. The smallest absolute Gasteiger partial charge is 0.0697 e. The van der Waals surface area contributed by atoms with E-state index in [1.165, 1.54) is 25.7 Å². The molecule has 1 aliphatic heterocycles. The molecule has 0 aromatic rings. The summed E-state index contributed by atoms with van der Waals surface area (Å²) in [6.07, 6.45) is 6.22. The Morgan fingerprint density at radius 1 is 1.50 bits per heavy atom. The molecule has 1 saturated heterocycles. The summed E-state index contributed by atoms with van der Waals surface area (Å²) >= 11 is 0. The highest BCUT2D eigenvalue weighted by molar-refractivity contribution is 5.00. The topological polar surface area (TPSA) is 21.3 Å². The lowest BCUT2D eigenvalue weighted by Gasteiger charge is -2.47. The van der Waals surface area contributed by atoms with Gasteiger partial charge >= 0.3 is 0 Å². The predicted molar refractivity (Wildman–Crippen MR) is 57.0 cm³/mol. The number of rotatable bonds is 2. The molecule has 0 amide bonds. The fourth-order valence-electron chi connectivity index (χ4n) is 2.41. The van der Waals surface area contributed by atoms with E-state index in [2.05, 4.69) is 17.2 Å². The highest BCUT2D eigenvalue weighted by Gasteiger charge is 2.42. The van der Waals surface area contributed by atoms with E-state index >= 15 is 0 Å². The van der Waals surface area contributed by atoms with Crippen LogP contribution in [-0.4, -0.2) is 24.8 Å². The highest BCUT2D eigenvalue weighted by Crippen LogP contribution is 2.42. The van der Waals surface area contributed by atoms with Crippen LogP contribution in [-0.2, 0) is 4.74 Å². The van der Waals surface area contributed by atoms with Gasteiger partial charge in [0.25, 0.3) is 0 Å². The Hall–Kier alpha value is -0.520. The Kier molecular flexibility index (Phi) is 3.10. The van der Waals surface area contributed by atoms with E-state index < -0.39 is 0 Å². The zero-order chi connectivity index (χ0) is 9.86. The van der Waals surface area contributed by atoms with Crippen LogP contribution in [0.5, 0.6) is 0 Å². The van der Waals surface area contributed by atoms with Crippen molar-refractivity contribution in [1.82, 2.24) is 5.32 Å². The number of ether oxygens (including phenoxy) is 1. The summed E-state index contributed by atoms with van der Waals surface area (Å²) in [4.78, 5) is 0. The van der Waals surface area contributed by atoms with Crippen LogP contribution in [0.4, 0.5) is 0 Å². The van der Waals surface area contributed by atoms with E-state index in [1.54, 1.807) is 0 Å². The van der Waals surface area contributed by atoms with E-state index in [0.717, 1.165) is 19.6 Å². The number of hydrogen-bond acceptors (Lipinski definition) is 2. The Bertz CT molecular complexity index is 247. The first-order chi connectivity index (χ1) is 6.85. The lowest BCUT2D eigenvalue weighted by molar-refractivity contribution is -0.135. The third-order valence-electron chi connectivity index (χ3n) is 3.41. The first-order valence-corrected chi connectivity index (χ1v) is 5.62. The molecule has 0 aromatic heterocycles. The molecule has 0 bridgehead atoms. The summed E-state index contributed by atoms with van der Waals surface area (Å²) < 4.78 is 5.86. The SMILES string of the molecule is CC#CCNC1CCOC2(CCC2)C1. The molecule has 1 atom stereocenters. The molecule has 2 fully saturated rings. The van der Waals surface area contributed by atoms with Gasteiger partial charge in [0.2, 0.25) is 0 Å². The lowest BCUT2D eigenvalue weighted by atomic mass is 9.74. The fraction of sp³-hybridized carbons (Fsp3) is 0.833. The zero-order valence-electron chi connectivity index (χ0n) is 8.94. The van der Waals surface area contributed by atoms with Crippen LogP contribution >= 0.6 is 0 Å². The summed E-state index contributed by atoms with van der Waals surface area (Å²) in [6, 6.07) is 0.630. The van der Waals surface area contributed by atoms with Gasteiger partial charge in [-0.2, -0.15) is 0 Å². The number of hydrogen-bond donors (Lipinski definition) is 1. The van der Waals surface area contributed by atoms with E-state index in [9.17, 15) is 0 Å². The minimum absolute atomic E-state index is 0.259. The Labute approximate surface area is 86.4 Å². The second kappa shape index (κ2) is 4.33. The van der Waals surface area contributed by atoms with Crippen molar-refractivity contribution in [1.29, 1.82) is 0 Å². The molecular formula is C12H19NO. The van der Waals surface area contributed by atoms with Crippen LogP contribution in [0, 0.1) is 11.8 Å². The first-order valence-electron chi connectivity index (χ1n) is 5.62. The molecule has 1 aliphatic carbocycles. The van der Waals surface area contributed by atoms with Gasteiger partial charge in [0.15, 0.2) is 0 Å². The average molecular weight is 193 g/mol. The normalized spacial score (nSPS) is 29.1. The van der Waals surface area contributed by atoms with Gasteiger partial charge in [0.1, 0.15) is 0 Å². The second-order valence-electron chi connectivity index (χ2n) is 4.38. The molecule has 0 aromatic carbocycles. The summed E-state index contributed by atoms with van der Waals surface area (Å²) in [6.45, 7) is 3.65. The molecule has 14 heavy (non-hydrogen) atoms. The van der Waals surface area contributed by atoms with Crippen molar-refractivity contribution in [3.05, 3.63) is 0 Å². The van der Waals surface area contributed by atoms with Crippen LogP contribution in [0.3, 0.4) is 0 Å². The van der Waals surface area contributed by atoms with Crippen molar-refractivity contribution in [3.63, 3.8) is 0 Å².